The van der Waals surface area contributed by atoms with Crippen molar-refractivity contribution in [2.45, 2.75) is 0 Å². The maximum atomic E-state index is 11.2. The molecular weight excluding hydrogens is 1470 g/mol. The number of hydrogen-bond donors (Lipinski definition) is 0. The van der Waals surface area contributed by atoms with Gasteiger partial charge >= 0.3 is 0 Å². The number of fused-ring (bicyclic) bond motifs is 15. The molecule has 121 heavy (non-hydrogen) atoms. The minimum Gasteiger partial charge on any atom is -0.306 e. The van der Waals surface area contributed by atoms with Crippen molar-refractivity contribution >= 4 is 109 Å². The van der Waals surface area contributed by atoms with Crippen molar-refractivity contribution in [2.24, 2.45) is 0 Å². The summed E-state index contributed by atoms with van der Waals surface area (Å²) in [4.78, 5) is 0. The largest absolute Gasteiger partial charge is 0.306 e. The molecule has 0 aliphatic carbocycles. The molecule has 24 rings (SSSR count). The number of rotatable bonds is 13. The summed E-state index contributed by atoms with van der Waals surface area (Å²) in [6, 6.07) is 164. The van der Waals surface area contributed by atoms with E-state index in [-0.39, 0.29) is 0 Å². The van der Waals surface area contributed by atoms with Crippen LogP contribution in [-0.2, 0) is 0 Å². The second-order valence-corrected chi connectivity index (χ2v) is 31.7. The van der Waals surface area contributed by atoms with Crippen LogP contribution in [0.15, 0.2) is 437 Å². The van der Waals surface area contributed by atoms with Gasteiger partial charge in [0.25, 0.3) is 0 Å². The van der Waals surface area contributed by atoms with E-state index in [1.807, 2.05) is 12.1 Å². The Morgan fingerprint density at radius 3 is 0.537 bits per heavy atom. The quantitative estimate of drug-likeness (QED) is 0.113. The second kappa shape index (κ2) is 28.0. The highest BCUT2D eigenvalue weighted by atomic mass is 15.2. The van der Waals surface area contributed by atoms with E-state index < -0.39 is 0 Å². The molecule has 0 fully saturated rings. The monoisotopic (exact) mass is 1540 g/mol. The van der Waals surface area contributed by atoms with E-state index in [1.165, 1.54) is 0 Å². The molecule has 5 aromatic heterocycles. The highest BCUT2D eigenvalue weighted by molar-refractivity contribution is 6.21. The Kier molecular flexibility index (Phi) is 16.0. The van der Waals surface area contributed by atoms with Gasteiger partial charge in [0.15, 0.2) is 0 Å². The van der Waals surface area contributed by atoms with Gasteiger partial charge in [0.2, 0.25) is 0 Å². The SMILES string of the molecule is N#Cc1ccc(-c2c(-n3c4ccccc4c4cc(-c5ccccc5)ccc43)c(-n3c4ccc(-c5ccccc5)cc4c4cc(-c5ccccc5)ccc43)c(-n3c4ccccc4c4cc(-c5ccccc5)ccc43)c(-n3c4ccc(-c5ccccc5)cc4c4cc(-c5ccccc5)ccc43)c2-n2c3ccccc3c3cc(-c4ccccc4)ccc32)cc1. The Hall–Kier alpha value is -16.3. The van der Waals surface area contributed by atoms with Crippen molar-refractivity contribution in [2.75, 3.05) is 0 Å². The molecule has 0 saturated carbocycles. The Balaban J connectivity index is 1.02. The van der Waals surface area contributed by atoms with Gasteiger partial charge in [-0.3, -0.25) is 0 Å². The Morgan fingerprint density at radius 2 is 0.314 bits per heavy atom. The highest BCUT2D eigenvalue weighted by Gasteiger charge is 2.38. The van der Waals surface area contributed by atoms with E-state index in [4.69, 9.17) is 0 Å². The highest BCUT2D eigenvalue weighted by Crippen LogP contribution is 2.56. The van der Waals surface area contributed by atoms with Gasteiger partial charge in [-0.05, 0) is 199 Å². The molecule has 562 valence electrons. The molecule has 0 radical (unpaired) electrons. The van der Waals surface area contributed by atoms with E-state index in [9.17, 15) is 5.26 Å². The lowest BCUT2D eigenvalue weighted by atomic mass is 9.94. The van der Waals surface area contributed by atoms with Gasteiger partial charge < -0.3 is 22.8 Å². The van der Waals surface area contributed by atoms with Crippen molar-refractivity contribution < 1.29 is 0 Å². The molecule has 0 aliphatic heterocycles. The van der Waals surface area contributed by atoms with Gasteiger partial charge in [-0.25, -0.2) is 0 Å². The number of nitriles is 1. The average molecular weight is 1540 g/mol. The molecule has 0 unspecified atom stereocenters. The summed E-state index contributed by atoms with van der Waals surface area (Å²) in [7, 11) is 0. The van der Waals surface area contributed by atoms with Gasteiger partial charge in [0, 0.05) is 59.4 Å². The molecule has 6 heteroatoms. The molecular formula is C115H72N6. The standard InChI is InChI=1S/C115H72N6/c116-73-74-48-50-82(51-49-74)110-111(117-100-45-25-22-42-90(100)93-66-83(52-59-103(93)117)75-28-8-1-9-29-75)113(120-106-62-55-86(78-34-14-4-15-35-78)69-96(106)97-70-87(56-63-107(97)120)79-36-16-5-17-37-79)115(119-102-47-27-24-44-92(102)95-68-85(54-61-105(95)119)77-32-12-3-13-33-77)114(112(110)118-101-46-26-23-43-91(101)94-67-84(53-60-104(94)118)76-30-10-2-11-31-76)121-108-64-57-88(80-38-18-6-19-39-80)71-98(108)99-72-89(58-65-109(99)121)81-40-20-7-21-41-81/h1-72H. The van der Waals surface area contributed by atoms with Gasteiger partial charge in [0.1, 0.15) is 0 Å². The summed E-state index contributed by atoms with van der Waals surface area (Å²) in [6.07, 6.45) is 0. The van der Waals surface area contributed by atoms with E-state index in [0.29, 0.717) is 5.56 Å². The molecule has 19 aromatic carbocycles. The van der Waals surface area contributed by atoms with Gasteiger partial charge in [-0.2, -0.15) is 5.26 Å². The second-order valence-electron chi connectivity index (χ2n) is 31.7. The van der Waals surface area contributed by atoms with Crippen LogP contribution in [0, 0.1) is 11.3 Å². The number of benzene rings is 19. The number of nitrogens with zero attached hydrogens (tertiary/aromatic N) is 6. The Labute approximate surface area is 698 Å². The molecule has 0 bridgehead atoms. The minimum absolute atomic E-state index is 0.552. The van der Waals surface area contributed by atoms with Crippen LogP contribution >= 0.6 is 0 Å². The van der Waals surface area contributed by atoms with Gasteiger partial charge in [-0.1, -0.05) is 322 Å². The van der Waals surface area contributed by atoms with Crippen molar-refractivity contribution in [3.05, 3.63) is 442 Å². The van der Waals surface area contributed by atoms with Crippen LogP contribution in [0.3, 0.4) is 0 Å². The zero-order valence-corrected chi connectivity index (χ0v) is 65.8. The lowest BCUT2D eigenvalue weighted by Crippen LogP contribution is -2.18. The summed E-state index contributed by atoms with van der Waals surface area (Å²) in [5, 5.41) is 22.2. The zero-order valence-electron chi connectivity index (χ0n) is 65.8. The lowest BCUT2D eigenvalue weighted by Gasteiger charge is -2.32. The van der Waals surface area contributed by atoms with Crippen LogP contribution in [0.2, 0.25) is 0 Å². The van der Waals surface area contributed by atoms with Gasteiger partial charge in [0.05, 0.1) is 95.2 Å². The Morgan fingerprint density at radius 1 is 0.140 bits per heavy atom. The minimum atomic E-state index is 0.552. The van der Waals surface area contributed by atoms with Crippen LogP contribution in [0.1, 0.15) is 5.56 Å². The van der Waals surface area contributed by atoms with E-state index in [0.717, 1.165) is 226 Å². The van der Waals surface area contributed by atoms with Crippen molar-refractivity contribution in [1.82, 2.24) is 22.8 Å². The molecule has 0 aliphatic rings. The van der Waals surface area contributed by atoms with E-state index in [2.05, 4.69) is 454 Å². The summed E-state index contributed by atoms with van der Waals surface area (Å²) in [5.41, 5.74) is 32.8. The fourth-order valence-corrected chi connectivity index (χ4v) is 19.6. The molecule has 0 atom stereocenters. The van der Waals surface area contributed by atoms with E-state index >= 15 is 0 Å². The lowest BCUT2D eigenvalue weighted by molar-refractivity contribution is 1.00. The first kappa shape index (κ1) is 69.0. The van der Waals surface area contributed by atoms with Crippen molar-refractivity contribution in [1.29, 1.82) is 5.26 Å². The predicted octanol–water partition coefficient (Wildman–Crippen LogP) is 30.4. The molecule has 0 amide bonds. The molecule has 0 N–H and O–H groups in total. The molecule has 5 heterocycles. The van der Waals surface area contributed by atoms with Crippen LogP contribution in [-0.4, -0.2) is 22.8 Å². The first-order valence-electron chi connectivity index (χ1n) is 41.4. The summed E-state index contributed by atoms with van der Waals surface area (Å²) >= 11 is 0. The summed E-state index contributed by atoms with van der Waals surface area (Å²) in [6.45, 7) is 0. The number of para-hydroxylation sites is 3. The predicted molar refractivity (Wildman–Crippen MR) is 506 cm³/mol. The van der Waals surface area contributed by atoms with E-state index in [1.54, 1.807) is 0 Å². The van der Waals surface area contributed by atoms with Gasteiger partial charge in [-0.15, -0.1) is 0 Å². The molecule has 0 saturated heterocycles. The third-order valence-electron chi connectivity index (χ3n) is 25.1. The fraction of sp³-hybridized carbons (Fsp3) is 0. The summed E-state index contributed by atoms with van der Waals surface area (Å²) in [5.74, 6) is 0. The van der Waals surface area contributed by atoms with Crippen molar-refractivity contribution in [3.63, 3.8) is 0 Å². The maximum absolute atomic E-state index is 11.2. The van der Waals surface area contributed by atoms with Crippen LogP contribution in [0.4, 0.5) is 0 Å². The first-order valence-corrected chi connectivity index (χ1v) is 41.4. The van der Waals surface area contributed by atoms with Crippen LogP contribution in [0.5, 0.6) is 0 Å². The zero-order chi connectivity index (χ0) is 79.8. The normalized spacial score (nSPS) is 11.8. The third kappa shape index (κ3) is 11.0. The number of hydrogen-bond acceptors (Lipinski definition) is 1. The van der Waals surface area contributed by atoms with Crippen LogP contribution < -0.4 is 0 Å². The fourth-order valence-electron chi connectivity index (χ4n) is 19.6. The van der Waals surface area contributed by atoms with Crippen molar-refractivity contribution in [3.8, 4) is 124 Å². The summed E-state index contributed by atoms with van der Waals surface area (Å²) < 4.78 is 13.2. The molecule has 24 aromatic rings. The maximum Gasteiger partial charge on any atom is 0.0991 e. The molecule has 0 spiro atoms. The average Bonchev–Trinajstić information content (AvgIpc) is 1.65. The number of aromatic nitrogens is 5. The first-order chi connectivity index (χ1) is 60.0. The van der Waals surface area contributed by atoms with Crippen LogP contribution in [0.25, 0.3) is 226 Å². The molecule has 6 nitrogen and oxygen atoms in total. The third-order valence-corrected chi connectivity index (χ3v) is 25.1. The Bertz CT molecular complexity index is 7760. The smallest absolute Gasteiger partial charge is 0.0991 e. The topological polar surface area (TPSA) is 48.4 Å².